The van der Waals surface area contributed by atoms with Crippen molar-refractivity contribution < 1.29 is 14.3 Å². The van der Waals surface area contributed by atoms with Crippen molar-refractivity contribution in [3.63, 3.8) is 0 Å². The third kappa shape index (κ3) is 8.23. The number of hydrogen-bond donors (Lipinski definition) is 0. The van der Waals surface area contributed by atoms with Crippen LogP contribution in [0.2, 0.25) is 0 Å². The molecule has 0 aliphatic heterocycles. The van der Waals surface area contributed by atoms with E-state index in [0.717, 1.165) is 25.7 Å². The van der Waals surface area contributed by atoms with Crippen LogP contribution in [-0.2, 0) is 14.3 Å². The minimum absolute atomic E-state index is 0.180. The van der Waals surface area contributed by atoms with Crippen LogP contribution >= 0.6 is 0 Å². The summed E-state index contributed by atoms with van der Waals surface area (Å²) in [4.78, 5) is 24.9. The van der Waals surface area contributed by atoms with Crippen molar-refractivity contribution in [1.82, 2.24) is 0 Å². The smallest absolute Gasteiger partial charge is 0.309 e. The first-order chi connectivity index (χ1) is 9.83. The van der Waals surface area contributed by atoms with Crippen LogP contribution in [0.4, 0.5) is 0 Å². The third-order valence-corrected chi connectivity index (χ3v) is 3.60. The summed E-state index contributed by atoms with van der Waals surface area (Å²) in [5, 5.41) is 0. The lowest BCUT2D eigenvalue weighted by Crippen LogP contribution is -2.33. The average molecular weight is 298 g/mol. The normalized spacial score (nSPS) is 14.3. The van der Waals surface area contributed by atoms with Gasteiger partial charge in [-0.25, -0.2) is 0 Å². The third-order valence-electron chi connectivity index (χ3n) is 3.60. The molecule has 0 amide bonds. The molecular weight excluding hydrogens is 264 g/mol. The van der Waals surface area contributed by atoms with Crippen LogP contribution in [0.25, 0.3) is 0 Å². The van der Waals surface area contributed by atoms with Crippen molar-refractivity contribution >= 4 is 11.8 Å². The summed E-state index contributed by atoms with van der Waals surface area (Å²) in [5.41, 5.74) is 0. The van der Waals surface area contributed by atoms with Gasteiger partial charge in [-0.15, -0.1) is 0 Å². The van der Waals surface area contributed by atoms with E-state index in [-0.39, 0.29) is 23.6 Å². The molecule has 0 bridgehead atoms. The van der Waals surface area contributed by atoms with E-state index in [1.165, 1.54) is 0 Å². The van der Waals surface area contributed by atoms with Gasteiger partial charge >= 0.3 is 5.97 Å². The Labute approximate surface area is 130 Å². The molecule has 0 aromatic carbocycles. The fourth-order valence-corrected chi connectivity index (χ4v) is 2.70. The standard InChI is InChI=1S/C18H34O3/c1-7-9-17(19)15(11-13(3)4)16(12-14(5)6)18(20)21-10-8-2/h13-16H,7-12H2,1-6H3. The van der Waals surface area contributed by atoms with Crippen molar-refractivity contribution in [2.24, 2.45) is 23.7 Å². The maximum atomic E-state index is 12.5. The van der Waals surface area contributed by atoms with E-state index in [2.05, 4.69) is 27.7 Å². The molecule has 0 radical (unpaired) electrons. The number of ketones is 1. The molecule has 0 aliphatic carbocycles. The van der Waals surface area contributed by atoms with E-state index < -0.39 is 0 Å². The summed E-state index contributed by atoms with van der Waals surface area (Å²) in [6, 6.07) is 0. The number of rotatable bonds is 11. The molecule has 3 nitrogen and oxygen atoms in total. The molecule has 124 valence electrons. The predicted octanol–water partition coefficient (Wildman–Crippen LogP) is 4.63. The second-order valence-corrected chi connectivity index (χ2v) is 6.86. The number of Topliss-reactive ketones (excluding diaryl/α,β-unsaturated/α-hetero) is 1. The van der Waals surface area contributed by atoms with Crippen LogP contribution in [0.3, 0.4) is 0 Å². The molecule has 0 saturated heterocycles. The van der Waals surface area contributed by atoms with Gasteiger partial charge in [-0.3, -0.25) is 9.59 Å². The maximum absolute atomic E-state index is 12.5. The minimum Gasteiger partial charge on any atom is -0.465 e. The summed E-state index contributed by atoms with van der Waals surface area (Å²) in [5.74, 6) is 0.373. The second kappa shape index (κ2) is 10.8. The number of carbonyl (C=O) groups excluding carboxylic acids is 2. The highest BCUT2D eigenvalue weighted by Gasteiger charge is 2.34. The van der Waals surface area contributed by atoms with Crippen LogP contribution in [-0.4, -0.2) is 18.4 Å². The zero-order valence-electron chi connectivity index (χ0n) is 14.8. The minimum atomic E-state index is -0.280. The van der Waals surface area contributed by atoms with Gasteiger partial charge in [0.15, 0.2) is 0 Å². The van der Waals surface area contributed by atoms with Crippen LogP contribution < -0.4 is 0 Å². The van der Waals surface area contributed by atoms with Crippen molar-refractivity contribution in [3.8, 4) is 0 Å². The second-order valence-electron chi connectivity index (χ2n) is 6.86. The molecule has 0 aromatic heterocycles. The molecule has 3 heteroatoms. The predicted molar refractivity (Wildman–Crippen MR) is 87.1 cm³/mol. The highest BCUT2D eigenvalue weighted by atomic mass is 16.5. The lowest BCUT2D eigenvalue weighted by atomic mass is 9.77. The van der Waals surface area contributed by atoms with E-state index in [0.29, 0.717) is 24.9 Å². The molecule has 0 saturated carbocycles. The fraction of sp³-hybridized carbons (Fsp3) is 0.889. The first-order valence-corrected chi connectivity index (χ1v) is 8.52. The van der Waals surface area contributed by atoms with Gasteiger partial charge in [0, 0.05) is 12.3 Å². The zero-order chi connectivity index (χ0) is 16.4. The molecule has 2 atom stereocenters. The summed E-state index contributed by atoms with van der Waals surface area (Å²) in [7, 11) is 0. The van der Waals surface area contributed by atoms with Gasteiger partial charge in [0.2, 0.25) is 0 Å². The highest BCUT2D eigenvalue weighted by Crippen LogP contribution is 2.29. The van der Waals surface area contributed by atoms with Crippen molar-refractivity contribution in [3.05, 3.63) is 0 Å². The molecule has 0 aromatic rings. The van der Waals surface area contributed by atoms with Gasteiger partial charge in [-0.2, -0.15) is 0 Å². The summed E-state index contributed by atoms with van der Waals surface area (Å²) in [6.07, 6.45) is 3.73. The Balaban J connectivity index is 5.14. The van der Waals surface area contributed by atoms with Crippen LogP contribution in [0.5, 0.6) is 0 Å². The molecule has 2 unspecified atom stereocenters. The van der Waals surface area contributed by atoms with E-state index in [1.807, 2.05) is 13.8 Å². The van der Waals surface area contributed by atoms with E-state index in [4.69, 9.17) is 4.74 Å². The SMILES string of the molecule is CCCOC(=O)C(CC(C)C)C(CC(C)C)C(=O)CCC. The molecule has 0 fully saturated rings. The summed E-state index contributed by atoms with van der Waals surface area (Å²) in [6.45, 7) is 12.8. The topological polar surface area (TPSA) is 43.4 Å². The number of hydrogen-bond acceptors (Lipinski definition) is 3. The van der Waals surface area contributed by atoms with Crippen LogP contribution in [0.1, 0.15) is 73.6 Å². The molecular formula is C18H34O3. The molecule has 21 heavy (non-hydrogen) atoms. The Morgan fingerprint density at radius 2 is 1.38 bits per heavy atom. The maximum Gasteiger partial charge on any atom is 0.309 e. The Kier molecular flexibility index (Phi) is 10.4. The Morgan fingerprint density at radius 3 is 1.81 bits per heavy atom. The first-order valence-electron chi connectivity index (χ1n) is 8.52. The monoisotopic (exact) mass is 298 g/mol. The quantitative estimate of drug-likeness (QED) is 0.522. The number of ether oxygens (including phenoxy) is 1. The largest absolute Gasteiger partial charge is 0.465 e. The van der Waals surface area contributed by atoms with Gasteiger partial charge in [-0.1, -0.05) is 41.5 Å². The van der Waals surface area contributed by atoms with Crippen LogP contribution in [0.15, 0.2) is 0 Å². The lowest BCUT2D eigenvalue weighted by Gasteiger charge is -2.27. The van der Waals surface area contributed by atoms with Crippen molar-refractivity contribution in [1.29, 1.82) is 0 Å². The number of carbonyl (C=O) groups is 2. The molecule has 0 rings (SSSR count). The fourth-order valence-electron chi connectivity index (χ4n) is 2.70. The van der Waals surface area contributed by atoms with E-state index >= 15 is 0 Å². The van der Waals surface area contributed by atoms with Gasteiger partial charge < -0.3 is 4.74 Å². The van der Waals surface area contributed by atoms with Crippen LogP contribution in [0, 0.1) is 23.7 Å². The highest BCUT2D eigenvalue weighted by molar-refractivity contribution is 5.86. The molecule has 0 heterocycles. The number of esters is 1. The van der Waals surface area contributed by atoms with Gasteiger partial charge in [-0.05, 0) is 37.5 Å². The lowest BCUT2D eigenvalue weighted by molar-refractivity contribution is -0.154. The Bertz CT molecular complexity index is 308. The molecule has 0 spiro atoms. The van der Waals surface area contributed by atoms with E-state index in [1.54, 1.807) is 0 Å². The van der Waals surface area contributed by atoms with E-state index in [9.17, 15) is 9.59 Å². The molecule has 0 N–H and O–H groups in total. The van der Waals surface area contributed by atoms with Crippen molar-refractivity contribution in [2.45, 2.75) is 73.6 Å². The first kappa shape index (κ1) is 20.1. The van der Waals surface area contributed by atoms with Gasteiger partial charge in [0.25, 0.3) is 0 Å². The average Bonchev–Trinajstić information content (AvgIpc) is 2.39. The Hall–Kier alpha value is -0.860. The summed E-state index contributed by atoms with van der Waals surface area (Å²) < 4.78 is 5.35. The Morgan fingerprint density at radius 1 is 0.857 bits per heavy atom. The molecule has 0 aliphatic rings. The van der Waals surface area contributed by atoms with Gasteiger partial charge in [0.1, 0.15) is 5.78 Å². The van der Waals surface area contributed by atoms with Gasteiger partial charge in [0.05, 0.1) is 12.5 Å². The van der Waals surface area contributed by atoms with Crippen molar-refractivity contribution in [2.75, 3.05) is 6.61 Å². The summed E-state index contributed by atoms with van der Waals surface area (Å²) >= 11 is 0. The zero-order valence-corrected chi connectivity index (χ0v) is 14.8.